The Kier molecular flexibility index (Phi) is 7.44. The van der Waals surface area contributed by atoms with Gasteiger partial charge in [0.15, 0.2) is 5.96 Å². The maximum atomic E-state index is 12.7. The number of fused-ring (bicyclic) bond motifs is 5. The van der Waals surface area contributed by atoms with Crippen molar-refractivity contribution in [3.63, 3.8) is 0 Å². The quantitative estimate of drug-likeness (QED) is 0.174. The molecule has 1 heterocycles. The predicted molar refractivity (Wildman–Crippen MR) is 106 cm³/mol. The molecule has 8 nitrogen and oxygen atoms in total. The molecule has 0 aromatic heterocycles. The van der Waals surface area contributed by atoms with E-state index in [9.17, 15) is 9.59 Å². The summed E-state index contributed by atoms with van der Waals surface area (Å²) in [4.78, 5) is 31.3. The van der Waals surface area contributed by atoms with Gasteiger partial charge in [0.2, 0.25) is 11.8 Å². The first-order chi connectivity index (χ1) is 13.7. The molecular weight excluding hydrogens is 360 g/mol. The fraction of sp³-hybridized carbons (Fsp3) is 0.750. The highest BCUT2D eigenvalue weighted by Gasteiger charge is 2.58. The maximum Gasteiger partial charge on any atom is 0.233 e. The van der Waals surface area contributed by atoms with Crippen molar-refractivity contribution in [1.29, 1.82) is 0 Å². The molecule has 4 atom stereocenters. The molecule has 1 saturated carbocycles. The summed E-state index contributed by atoms with van der Waals surface area (Å²) in [5, 5.41) is 6.41. The lowest BCUT2D eigenvalue weighted by atomic mass is 9.85. The van der Waals surface area contributed by atoms with Crippen LogP contribution in [0, 0.1) is 23.7 Å². The van der Waals surface area contributed by atoms with Gasteiger partial charge in [-0.1, -0.05) is 12.2 Å². The van der Waals surface area contributed by atoms with E-state index in [1.165, 1.54) is 4.90 Å². The fourth-order valence-electron chi connectivity index (χ4n) is 4.41. The molecule has 2 aliphatic carbocycles. The zero-order valence-electron chi connectivity index (χ0n) is 16.9. The van der Waals surface area contributed by atoms with Gasteiger partial charge < -0.3 is 20.1 Å². The molecule has 2 bridgehead atoms. The highest BCUT2D eigenvalue weighted by molar-refractivity contribution is 6.06. The van der Waals surface area contributed by atoms with Crippen LogP contribution in [0.1, 0.15) is 19.8 Å². The lowest BCUT2D eigenvalue weighted by Gasteiger charge is -2.18. The maximum absolute atomic E-state index is 12.7. The first kappa shape index (κ1) is 20.8. The second kappa shape index (κ2) is 10.0. The van der Waals surface area contributed by atoms with Crippen LogP contribution in [0.3, 0.4) is 0 Å². The number of hydrogen-bond acceptors (Lipinski definition) is 5. The Bertz CT molecular complexity index is 591. The lowest BCUT2D eigenvalue weighted by molar-refractivity contribution is -0.140. The van der Waals surface area contributed by atoms with Crippen LogP contribution in [0.5, 0.6) is 0 Å². The van der Waals surface area contributed by atoms with Gasteiger partial charge in [-0.05, 0) is 31.6 Å². The average molecular weight is 393 g/mol. The number of ether oxygens (including phenoxy) is 2. The van der Waals surface area contributed by atoms with E-state index < -0.39 is 0 Å². The number of imide groups is 1. The molecule has 0 aromatic rings. The van der Waals surface area contributed by atoms with Crippen molar-refractivity contribution < 1.29 is 19.1 Å². The largest absolute Gasteiger partial charge is 0.382 e. The van der Waals surface area contributed by atoms with Crippen LogP contribution < -0.4 is 10.6 Å². The molecule has 4 unspecified atom stereocenters. The van der Waals surface area contributed by atoms with E-state index in [-0.39, 0.29) is 35.5 Å². The fourth-order valence-corrected chi connectivity index (χ4v) is 4.41. The van der Waals surface area contributed by atoms with Crippen LogP contribution in [0.4, 0.5) is 0 Å². The summed E-state index contributed by atoms with van der Waals surface area (Å²) >= 11 is 0. The normalized spacial score (nSPS) is 28.4. The van der Waals surface area contributed by atoms with Crippen molar-refractivity contribution in [2.45, 2.75) is 19.8 Å². The third-order valence-electron chi connectivity index (χ3n) is 5.68. The van der Waals surface area contributed by atoms with E-state index in [0.717, 1.165) is 19.4 Å². The summed E-state index contributed by atoms with van der Waals surface area (Å²) < 4.78 is 10.4. The summed E-state index contributed by atoms with van der Waals surface area (Å²) in [6, 6.07) is 0. The topological polar surface area (TPSA) is 92.3 Å². The minimum absolute atomic E-state index is 0.00352. The number of methoxy groups -OCH3 is 1. The number of carbonyl (C=O) groups excluding carboxylic acids is 2. The summed E-state index contributed by atoms with van der Waals surface area (Å²) in [5.74, 6) is 0.974. The average Bonchev–Trinajstić information content (AvgIpc) is 3.36. The zero-order valence-corrected chi connectivity index (χ0v) is 16.9. The molecule has 156 valence electrons. The first-order valence-corrected chi connectivity index (χ1v) is 10.3. The zero-order chi connectivity index (χ0) is 19.9. The van der Waals surface area contributed by atoms with Gasteiger partial charge in [0.25, 0.3) is 0 Å². The van der Waals surface area contributed by atoms with Crippen LogP contribution in [0.15, 0.2) is 17.1 Å². The molecule has 0 radical (unpaired) electrons. The van der Waals surface area contributed by atoms with E-state index in [4.69, 9.17) is 9.47 Å². The Morgan fingerprint density at radius 3 is 2.50 bits per heavy atom. The standard InChI is InChI=1S/C20H32N4O4/c1-3-21-20(22-7-4-10-28-12-11-27-2)23-8-9-24-18(25)16-14-5-6-15(13-14)17(16)19(24)26/h5-6,14-17H,3-4,7-13H2,1-2H3,(H2,21,22,23). The Hall–Kier alpha value is -1.93. The molecule has 0 aromatic carbocycles. The molecule has 2 fully saturated rings. The minimum Gasteiger partial charge on any atom is -0.382 e. The van der Waals surface area contributed by atoms with Crippen molar-refractivity contribution in [2.24, 2.45) is 28.7 Å². The van der Waals surface area contributed by atoms with Crippen LogP contribution in [0.25, 0.3) is 0 Å². The number of nitrogens with one attached hydrogen (secondary N) is 2. The first-order valence-electron chi connectivity index (χ1n) is 10.3. The number of aliphatic imine (C=N–C) groups is 1. The van der Waals surface area contributed by atoms with Crippen molar-refractivity contribution in [2.75, 3.05) is 53.1 Å². The van der Waals surface area contributed by atoms with Crippen LogP contribution in [-0.2, 0) is 19.1 Å². The Balaban J connectivity index is 1.40. The van der Waals surface area contributed by atoms with Crippen LogP contribution in [-0.4, -0.2) is 75.8 Å². The predicted octanol–water partition coefficient (Wildman–Crippen LogP) is 0.402. The van der Waals surface area contributed by atoms with Gasteiger partial charge in [-0.2, -0.15) is 0 Å². The SMILES string of the molecule is CCNC(=NCCCOCCOC)NCCN1C(=O)C2C3C=CC(C3)C2C1=O. The van der Waals surface area contributed by atoms with Crippen molar-refractivity contribution in [3.05, 3.63) is 12.2 Å². The Morgan fingerprint density at radius 1 is 1.14 bits per heavy atom. The van der Waals surface area contributed by atoms with Gasteiger partial charge in [-0.3, -0.25) is 19.5 Å². The van der Waals surface area contributed by atoms with Crippen LogP contribution >= 0.6 is 0 Å². The minimum atomic E-state index is -0.123. The molecule has 2 amide bonds. The highest BCUT2D eigenvalue weighted by Crippen LogP contribution is 2.52. The Morgan fingerprint density at radius 2 is 1.86 bits per heavy atom. The summed E-state index contributed by atoms with van der Waals surface area (Å²) in [7, 11) is 1.65. The summed E-state index contributed by atoms with van der Waals surface area (Å²) in [6.45, 7) is 6.10. The highest BCUT2D eigenvalue weighted by atomic mass is 16.5. The lowest BCUT2D eigenvalue weighted by Crippen LogP contribution is -2.43. The second-order valence-electron chi connectivity index (χ2n) is 7.47. The number of nitrogens with zero attached hydrogens (tertiary/aromatic N) is 2. The molecular formula is C20H32N4O4. The number of likely N-dealkylation sites (tertiary alicyclic amines) is 1. The van der Waals surface area contributed by atoms with Crippen LogP contribution in [0.2, 0.25) is 0 Å². The monoisotopic (exact) mass is 392 g/mol. The molecule has 8 heteroatoms. The number of rotatable bonds is 11. The van der Waals surface area contributed by atoms with E-state index in [1.54, 1.807) is 7.11 Å². The van der Waals surface area contributed by atoms with E-state index in [0.29, 0.717) is 45.4 Å². The Labute approximate surface area is 166 Å². The van der Waals surface area contributed by atoms with Crippen molar-refractivity contribution >= 4 is 17.8 Å². The van der Waals surface area contributed by atoms with E-state index >= 15 is 0 Å². The molecule has 2 N–H and O–H groups in total. The number of guanidine groups is 1. The van der Waals surface area contributed by atoms with E-state index in [2.05, 4.69) is 27.8 Å². The number of carbonyl (C=O) groups is 2. The molecule has 28 heavy (non-hydrogen) atoms. The molecule has 3 aliphatic rings. The van der Waals surface area contributed by atoms with Gasteiger partial charge in [0, 0.05) is 39.9 Å². The van der Waals surface area contributed by atoms with Gasteiger partial charge in [0.1, 0.15) is 0 Å². The third-order valence-corrected chi connectivity index (χ3v) is 5.68. The second-order valence-corrected chi connectivity index (χ2v) is 7.47. The van der Waals surface area contributed by atoms with Gasteiger partial charge >= 0.3 is 0 Å². The van der Waals surface area contributed by atoms with E-state index in [1.807, 2.05) is 6.92 Å². The number of hydrogen-bond donors (Lipinski definition) is 2. The summed E-state index contributed by atoms with van der Waals surface area (Å²) in [5.41, 5.74) is 0. The molecule has 1 aliphatic heterocycles. The smallest absolute Gasteiger partial charge is 0.233 e. The number of allylic oxidation sites excluding steroid dienone is 2. The molecule has 1 saturated heterocycles. The van der Waals surface area contributed by atoms with Crippen molar-refractivity contribution in [3.8, 4) is 0 Å². The van der Waals surface area contributed by atoms with Gasteiger partial charge in [0.05, 0.1) is 25.0 Å². The third kappa shape index (κ3) is 4.55. The summed E-state index contributed by atoms with van der Waals surface area (Å²) in [6.07, 6.45) is 6.02. The van der Waals surface area contributed by atoms with Gasteiger partial charge in [-0.15, -0.1) is 0 Å². The van der Waals surface area contributed by atoms with Gasteiger partial charge in [-0.25, -0.2) is 0 Å². The van der Waals surface area contributed by atoms with Crippen molar-refractivity contribution in [1.82, 2.24) is 15.5 Å². The number of amides is 2. The molecule has 0 spiro atoms. The molecule has 3 rings (SSSR count).